The fourth-order valence-electron chi connectivity index (χ4n) is 2.61. The minimum absolute atomic E-state index is 0.785. The number of aliphatic imine (C=N–C) groups is 1. The zero-order chi connectivity index (χ0) is 18.4. The van der Waals surface area contributed by atoms with Crippen LogP contribution in [0, 0.1) is 0 Å². The molecule has 0 bridgehead atoms. The molecule has 0 atom stereocenters. The van der Waals surface area contributed by atoms with Gasteiger partial charge in [0, 0.05) is 25.4 Å². The van der Waals surface area contributed by atoms with Gasteiger partial charge < -0.3 is 5.32 Å². The van der Waals surface area contributed by atoms with Crippen molar-refractivity contribution in [1.82, 2.24) is 15.2 Å². The number of nitrogens with one attached hydrogen (secondary N) is 2. The van der Waals surface area contributed by atoms with Crippen LogP contribution in [-0.4, -0.2) is 29.8 Å². The van der Waals surface area contributed by atoms with E-state index in [0.717, 1.165) is 34.0 Å². The van der Waals surface area contributed by atoms with Crippen molar-refractivity contribution >= 4 is 17.6 Å². The Morgan fingerprint density at radius 1 is 1.04 bits per heavy atom. The molecule has 0 saturated carbocycles. The standard InChI is InChI=1S/C21H23N5/c1-16(22-2)24-26-19(14-20(23-3)17-10-6-4-7-11-17)15-21(25-26)18-12-8-5-9-13-18/h4-15,23H,1-3H3,(H,22,24)/b20-14-. The van der Waals surface area contributed by atoms with Crippen LogP contribution in [0.25, 0.3) is 23.0 Å². The van der Waals surface area contributed by atoms with E-state index in [9.17, 15) is 0 Å². The molecule has 3 aromatic rings. The average Bonchev–Trinajstić information content (AvgIpc) is 3.09. The molecule has 0 aliphatic carbocycles. The minimum Gasteiger partial charge on any atom is -0.388 e. The summed E-state index contributed by atoms with van der Waals surface area (Å²) in [5, 5.41) is 7.97. The molecule has 132 valence electrons. The van der Waals surface area contributed by atoms with Gasteiger partial charge in [-0.1, -0.05) is 60.7 Å². The van der Waals surface area contributed by atoms with E-state index in [1.54, 1.807) is 11.8 Å². The summed E-state index contributed by atoms with van der Waals surface area (Å²) < 4.78 is 0. The van der Waals surface area contributed by atoms with Gasteiger partial charge >= 0.3 is 0 Å². The van der Waals surface area contributed by atoms with Crippen molar-refractivity contribution in [3.63, 3.8) is 0 Å². The van der Waals surface area contributed by atoms with Crippen LogP contribution < -0.4 is 10.7 Å². The van der Waals surface area contributed by atoms with Crippen molar-refractivity contribution in [1.29, 1.82) is 0 Å². The Kier molecular flexibility index (Phi) is 5.49. The van der Waals surface area contributed by atoms with E-state index in [0.29, 0.717) is 0 Å². The molecule has 5 heteroatoms. The zero-order valence-electron chi connectivity index (χ0n) is 15.3. The van der Waals surface area contributed by atoms with Crippen LogP contribution in [0.15, 0.2) is 71.7 Å². The lowest BCUT2D eigenvalue weighted by Gasteiger charge is -2.10. The van der Waals surface area contributed by atoms with Gasteiger partial charge in [-0.25, -0.2) is 0 Å². The summed E-state index contributed by atoms with van der Waals surface area (Å²) in [4.78, 5) is 5.93. The van der Waals surface area contributed by atoms with Crippen molar-refractivity contribution in [2.75, 3.05) is 19.5 Å². The molecule has 0 unspecified atom stereocenters. The van der Waals surface area contributed by atoms with E-state index in [1.807, 2.05) is 50.4 Å². The molecule has 0 saturated heterocycles. The minimum atomic E-state index is 0.785. The average molecular weight is 345 g/mol. The quantitative estimate of drug-likeness (QED) is 0.545. The second kappa shape index (κ2) is 8.16. The smallest absolute Gasteiger partial charge is 0.113 e. The fourth-order valence-corrected chi connectivity index (χ4v) is 2.61. The van der Waals surface area contributed by atoms with Crippen molar-refractivity contribution in [3.8, 4) is 11.3 Å². The molecule has 2 aromatic carbocycles. The van der Waals surface area contributed by atoms with Gasteiger partial charge in [-0.2, -0.15) is 9.89 Å². The van der Waals surface area contributed by atoms with Crippen molar-refractivity contribution in [2.45, 2.75) is 6.92 Å². The third-order valence-corrected chi connectivity index (χ3v) is 4.06. The van der Waals surface area contributed by atoms with E-state index in [4.69, 9.17) is 5.10 Å². The predicted octanol–water partition coefficient (Wildman–Crippen LogP) is 3.86. The molecule has 0 aliphatic rings. The maximum Gasteiger partial charge on any atom is 0.113 e. The highest BCUT2D eigenvalue weighted by atomic mass is 15.6. The van der Waals surface area contributed by atoms with Crippen LogP contribution in [0.5, 0.6) is 0 Å². The van der Waals surface area contributed by atoms with Crippen LogP contribution in [-0.2, 0) is 0 Å². The summed E-state index contributed by atoms with van der Waals surface area (Å²) in [7, 11) is 3.67. The Balaban J connectivity index is 2.06. The highest BCUT2D eigenvalue weighted by molar-refractivity contribution is 5.88. The molecule has 1 aromatic heterocycles. The first kappa shape index (κ1) is 17.5. The van der Waals surface area contributed by atoms with Crippen molar-refractivity contribution in [2.24, 2.45) is 4.99 Å². The number of benzene rings is 2. The second-order valence-corrected chi connectivity index (χ2v) is 5.83. The van der Waals surface area contributed by atoms with Crippen LogP contribution in [0.1, 0.15) is 18.2 Å². The SMILES string of the molecule is CN=C(C)Nn1nc(-c2ccccc2)cc1/C=C(\NC)c1ccccc1. The van der Waals surface area contributed by atoms with Gasteiger partial charge in [-0.3, -0.25) is 10.4 Å². The lowest BCUT2D eigenvalue weighted by atomic mass is 10.1. The highest BCUT2D eigenvalue weighted by Gasteiger charge is 2.10. The van der Waals surface area contributed by atoms with E-state index < -0.39 is 0 Å². The molecule has 2 N–H and O–H groups in total. The normalized spacial score (nSPS) is 12.1. The Morgan fingerprint density at radius 2 is 1.69 bits per heavy atom. The first-order valence-electron chi connectivity index (χ1n) is 8.52. The van der Waals surface area contributed by atoms with Gasteiger partial charge in [0.05, 0.1) is 11.4 Å². The Morgan fingerprint density at radius 3 is 2.31 bits per heavy atom. The number of hydrogen-bond donors (Lipinski definition) is 2. The predicted molar refractivity (Wildman–Crippen MR) is 109 cm³/mol. The molecule has 26 heavy (non-hydrogen) atoms. The monoisotopic (exact) mass is 345 g/mol. The van der Waals surface area contributed by atoms with Gasteiger partial charge in [-0.15, -0.1) is 0 Å². The zero-order valence-corrected chi connectivity index (χ0v) is 15.3. The maximum atomic E-state index is 4.70. The van der Waals surface area contributed by atoms with Crippen LogP contribution in [0.4, 0.5) is 0 Å². The van der Waals surface area contributed by atoms with E-state index in [-0.39, 0.29) is 0 Å². The third kappa shape index (κ3) is 4.00. The molecular weight excluding hydrogens is 322 g/mol. The molecule has 5 nitrogen and oxygen atoms in total. The molecule has 3 rings (SSSR count). The third-order valence-electron chi connectivity index (χ3n) is 4.06. The summed E-state index contributed by atoms with van der Waals surface area (Å²) >= 11 is 0. The first-order chi connectivity index (χ1) is 12.7. The number of amidine groups is 1. The molecule has 1 heterocycles. The molecule has 0 aliphatic heterocycles. The molecular formula is C21H23N5. The van der Waals surface area contributed by atoms with Gasteiger partial charge in [0.15, 0.2) is 0 Å². The molecule has 0 amide bonds. The van der Waals surface area contributed by atoms with Crippen LogP contribution in [0.3, 0.4) is 0 Å². The Hall–Kier alpha value is -3.34. The Bertz CT molecular complexity index is 908. The summed E-state index contributed by atoms with van der Waals surface area (Å²) in [6.07, 6.45) is 2.07. The topological polar surface area (TPSA) is 54.2 Å². The summed E-state index contributed by atoms with van der Waals surface area (Å²) in [6.45, 7) is 1.91. The second-order valence-electron chi connectivity index (χ2n) is 5.83. The van der Waals surface area contributed by atoms with Crippen LogP contribution in [0.2, 0.25) is 0 Å². The first-order valence-corrected chi connectivity index (χ1v) is 8.52. The van der Waals surface area contributed by atoms with E-state index in [2.05, 4.69) is 52.1 Å². The van der Waals surface area contributed by atoms with E-state index in [1.165, 1.54) is 0 Å². The molecule has 0 fully saturated rings. The lowest BCUT2D eigenvalue weighted by Crippen LogP contribution is -2.22. The molecule has 0 radical (unpaired) electrons. The number of aromatic nitrogens is 2. The number of rotatable bonds is 5. The highest BCUT2D eigenvalue weighted by Crippen LogP contribution is 2.21. The van der Waals surface area contributed by atoms with Gasteiger partial charge in [-0.05, 0) is 24.6 Å². The van der Waals surface area contributed by atoms with Gasteiger partial charge in [0.1, 0.15) is 5.84 Å². The van der Waals surface area contributed by atoms with Crippen molar-refractivity contribution in [3.05, 3.63) is 78.0 Å². The molecule has 0 spiro atoms. The fraction of sp³-hybridized carbons (Fsp3) is 0.143. The maximum absolute atomic E-state index is 4.70. The summed E-state index contributed by atoms with van der Waals surface area (Å²) in [6, 6.07) is 22.4. The number of hydrogen-bond acceptors (Lipinski definition) is 3. The Labute approximate surface area is 154 Å². The summed E-state index contributed by atoms with van der Waals surface area (Å²) in [5.41, 5.74) is 8.24. The van der Waals surface area contributed by atoms with E-state index >= 15 is 0 Å². The van der Waals surface area contributed by atoms with Gasteiger partial charge in [0.25, 0.3) is 0 Å². The van der Waals surface area contributed by atoms with Crippen molar-refractivity contribution < 1.29 is 0 Å². The summed E-state index contributed by atoms with van der Waals surface area (Å²) in [5.74, 6) is 0.785. The van der Waals surface area contributed by atoms with Crippen LogP contribution >= 0.6 is 0 Å². The largest absolute Gasteiger partial charge is 0.388 e. The number of nitrogens with zero attached hydrogens (tertiary/aromatic N) is 3. The lowest BCUT2D eigenvalue weighted by molar-refractivity contribution is 0.807. The van der Waals surface area contributed by atoms with Gasteiger partial charge in [0.2, 0.25) is 0 Å².